The molecule has 168 valence electrons. The zero-order valence-electron chi connectivity index (χ0n) is 18.5. The van der Waals surface area contributed by atoms with Crippen molar-refractivity contribution in [2.75, 3.05) is 13.7 Å². The zero-order chi connectivity index (χ0) is 23.2. The predicted octanol–water partition coefficient (Wildman–Crippen LogP) is 6.61. The highest BCUT2D eigenvalue weighted by Gasteiger charge is 2.20. The fraction of sp³-hybridized carbons (Fsp3) is 0.391. The molecule has 2 aromatic rings. The minimum atomic E-state index is -0.780. The maximum atomic E-state index is 11.6. The Balaban J connectivity index is 2.20. The minimum absolute atomic E-state index is 0.0970. The van der Waals surface area contributed by atoms with Gasteiger partial charge in [-0.25, -0.2) is 4.79 Å². The maximum absolute atomic E-state index is 11.6. The molecule has 0 heterocycles. The molecule has 0 aromatic heterocycles. The molecule has 0 fully saturated rings. The van der Waals surface area contributed by atoms with Crippen molar-refractivity contribution in [1.82, 2.24) is 0 Å². The molecule has 0 aliphatic heterocycles. The average Bonchev–Trinajstić information content (AvgIpc) is 2.70. The van der Waals surface area contributed by atoms with E-state index in [9.17, 15) is 4.79 Å². The summed E-state index contributed by atoms with van der Waals surface area (Å²) < 4.78 is 18.0. The molecular formula is C23H27Br2NO5. The third-order valence-corrected chi connectivity index (χ3v) is 5.44. The van der Waals surface area contributed by atoms with Crippen LogP contribution in [0.25, 0.3) is 0 Å². The van der Waals surface area contributed by atoms with Crippen LogP contribution >= 0.6 is 31.9 Å². The molecule has 0 saturated carbocycles. The summed E-state index contributed by atoms with van der Waals surface area (Å²) in [5.41, 5.74) is 1.71. The van der Waals surface area contributed by atoms with E-state index in [4.69, 9.17) is 19.0 Å². The SMILES string of the molecule is CCOC(=O)C(C)O/N=C\c1cc(Br)c(Oc2ccc(OC)c(C(C)(C)C)c2)c(Br)c1. The van der Waals surface area contributed by atoms with E-state index >= 15 is 0 Å². The number of oxime groups is 1. The van der Waals surface area contributed by atoms with Crippen molar-refractivity contribution in [1.29, 1.82) is 0 Å². The topological polar surface area (TPSA) is 66.4 Å². The van der Waals surface area contributed by atoms with Crippen LogP contribution in [0.4, 0.5) is 0 Å². The van der Waals surface area contributed by atoms with Gasteiger partial charge >= 0.3 is 5.97 Å². The van der Waals surface area contributed by atoms with E-state index in [1.54, 1.807) is 21.0 Å². The normalized spacial score (nSPS) is 12.5. The lowest BCUT2D eigenvalue weighted by Crippen LogP contribution is -2.21. The molecule has 8 heteroatoms. The van der Waals surface area contributed by atoms with Gasteiger partial charge in [0.05, 0.1) is 28.9 Å². The van der Waals surface area contributed by atoms with Crippen LogP contribution in [0.3, 0.4) is 0 Å². The monoisotopic (exact) mass is 555 g/mol. The van der Waals surface area contributed by atoms with Gasteiger partial charge < -0.3 is 19.0 Å². The molecule has 0 amide bonds. The third kappa shape index (κ3) is 6.97. The molecule has 0 spiro atoms. The van der Waals surface area contributed by atoms with E-state index in [1.165, 1.54) is 6.21 Å². The van der Waals surface area contributed by atoms with E-state index in [-0.39, 0.29) is 5.41 Å². The molecule has 0 aliphatic carbocycles. The van der Waals surface area contributed by atoms with Gasteiger partial charge in [-0.15, -0.1) is 0 Å². The Kier molecular flexibility index (Phi) is 8.94. The quantitative estimate of drug-likeness (QED) is 0.208. The van der Waals surface area contributed by atoms with Gasteiger partial charge in [-0.3, -0.25) is 0 Å². The predicted molar refractivity (Wildman–Crippen MR) is 128 cm³/mol. The van der Waals surface area contributed by atoms with Gasteiger partial charge in [-0.2, -0.15) is 0 Å². The van der Waals surface area contributed by atoms with Crippen molar-refractivity contribution in [3.05, 3.63) is 50.4 Å². The number of carbonyl (C=O) groups is 1. The van der Waals surface area contributed by atoms with Gasteiger partial charge in [0.1, 0.15) is 11.5 Å². The van der Waals surface area contributed by atoms with Gasteiger partial charge in [0.25, 0.3) is 0 Å². The summed E-state index contributed by atoms with van der Waals surface area (Å²) in [6.45, 7) is 9.99. The van der Waals surface area contributed by atoms with Crippen LogP contribution in [0.15, 0.2) is 44.4 Å². The molecule has 0 N–H and O–H groups in total. The standard InChI is InChI=1S/C23H27Br2NO5/c1-7-29-22(27)14(2)31-26-13-15-10-18(24)21(19(25)11-15)30-16-8-9-20(28-6)17(12-16)23(3,4)5/h8-14H,7H2,1-6H3/b26-13-. The average molecular weight is 557 g/mol. The Hall–Kier alpha value is -2.06. The minimum Gasteiger partial charge on any atom is -0.496 e. The van der Waals surface area contributed by atoms with Gasteiger partial charge in [0.15, 0.2) is 5.75 Å². The summed E-state index contributed by atoms with van der Waals surface area (Å²) in [7, 11) is 1.66. The maximum Gasteiger partial charge on any atom is 0.349 e. The molecular weight excluding hydrogens is 530 g/mol. The second kappa shape index (κ2) is 11.0. The number of halogens is 2. The Morgan fingerprint density at radius 3 is 2.35 bits per heavy atom. The second-order valence-electron chi connectivity index (χ2n) is 7.76. The molecule has 1 unspecified atom stereocenters. The first kappa shape index (κ1) is 25.2. The summed E-state index contributed by atoms with van der Waals surface area (Å²) in [4.78, 5) is 16.7. The lowest BCUT2D eigenvalue weighted by atomic mass is 9.86. The van der Waals surface area contributed by atoms with Crippen LogP contribution in [-0.4, -0.2) is 32.0 Å². The van der Waals surface area contributed by atoms with E-state index in [2.05, 4.69) is 57.8 Å². The Morgan fingerprint density at radius 1 is 1.16 bits per heavy atom. The third-order valence-electron chi connectivity index (χ3n) is 4.26. The fourth-order valence-electron chi connectivity index (χ4n) is 2.69. The summed E-state index contributed by atoms with van der Waals surface area (Å²) in [6, 6.07) is 9.44. The van der Waals surface area contributed by atoms with Gasteiger partial charge in [-0.1, -0.05) is 25.9 Å². The number of ether oxygens (including phenoxy) is 3. The molecule has 2 aromatic carbocycles. The molecule has 0 radical (unpaired) electrons. The van der Waals surface area contributed by atoms with Crippen LogP contribution in [0.1, 0.15) is 45.7 Å². The summed E-state index contributed by atoms with van der Waals surface area (Å²) in [6.07, 6.45) is 0.734. The van der Waals surface area contributed by atoms with Crippen molar-refractivity contribution in [2.24, 2.45) is 5.16 Å². The van der Waals surface area contributed by atoms with Crippen molar-refractivity contribution in [2.45, 2.75) is 46.1 Å². The van der Waals surface area contributed by atoms with E-state index in [0.29, 0.717) is 18.1 Å². The first-order chi connectivity index (χ1) is 14.6. The highest BCUT2D eigenvalue weighted by Crippen LogP contribution is 2.40. The van der Waals surface area contributed by atoms with Crippen LogP contribution in [0, 0.1) is 0 Å². The molecule has 2 rings (SSSR count). The Labute approximate surface area is 200 Å². The Morgan fingerprint density at radius 2 is 1.81 bits per heavy atom. The molecule has 0 bridgehead atoms. The number of hydrogen-bond acceptors (Lipinski definition) is 6. The summed E-state index contributed by atoms with van der Waals surface area (Å²) in [5, 5.41) is 3.88. The molecule has 31 heavy (non-hydrogen) atoms. The number of carbonyl (C=O) groups excluding carboxylic acids is 1. The first-order valence-electron chi connectivity index (χ1n) is 9.78. The largest absolute Gasteiger partial charge is 0.496 e. The van der Waals surface area contributed by atoms with Crippen molar-refractivity contribution in [3.63, 3.8) is 0 Å². The molecule has 0 aliphatic rings. The number of hydrogen-bond donors (Lipinski definition) is 0. The van der Waals surface area contributed by atoms with Crippen LogP contribution in [-0.2, 0) is 19.8 Å². The van der Waals surface area contributed by atoms with Gasteiger partial charge in [0, 0.05) is 5.56 Å². The number of benzene rings is 2. The van der Waals surface area contributed by atoms with E-state index in [1.807, 2.05) is 30.3 Å². The first-order valence-corrected chi connectivity index (χ1v) is 11.4. The molecule has 6 nitrogen and oxygen atoms in total. The number of methoxy groups -OCH3 is 1. The zero-order valence-corrected chi connectivity index (χ0v) is 21.7. The smallest absolute Gasteiger partial charge is 0.349 e. The second-order valence-corrected chi connectivity index (χ2v) is 9.47. The summed E-state index contributed by atoms with van der Waals surface area (Å²) >= 11 is 7.10. The van der Waals surface area contributed by atoms with Gasteiger partial charge in [-0.05, 0) is 87.0 Å². The van der Waals surface area contributed by atoms with Crippen molar-refractivity contribution >= 4 is 44.0 Å². The number of nitrogens with zero attached hydrogens (tertiary/aromatic N) is 1. The van der Waals surface area contributed by atoms with E-state index in [0.717, 1.165) is 25.8 Å². The van der Waals surface area contributed by atoms with Gasteiger partial charge in [0.2, 0.25) is 6.10 Å². The number of esters is 1. The molecule has 0 saturated heterocycles. The highest BCUT2D eigenvalue weighted by atomic mass is 79.9. The van der Waals surface area contributed by atoms with E-state index < -0.39 is 12.1 Å². The van der Waals surface area contributed by atoms with Crippen molar-refractivity contribution in [3.8, 4) is 17.2 Å². The lowest BCUT2D eigenvalue weighted by Gasteiger charge is -2.23. The van der Waals surface area contributed by atoms with Crippen LogP contribution in [0.2, 0.25) is 0 Å². The molecule has 1 atom stereocenters. The van der Waals surface area contributed by atoms with Crippen LogP contribution < -0.4 is 9.47 Å². The number of rotatable bonds is 8. The Bertz CT molecular complexity index is 930. The fourth-order valence-corrected chi connectivity index (χ4v) is 4.08. The van der Waals surface area contributed by atoms with Crippen LogP contribution in [0.5, 0.6) is 17.2 Å². The van der Waals surface area contributed by atoms with Crippen molar-refractivity contribution < 1.29 is 23.8 Å². The lowest BCUT2D eigenvalue weighted by molar-refractivity contribution is -0.155. The highest BCUT2D eigenvalue weighted by molar-refractivity contribution is 9.11. The summed E-state index contributed by atoms with van der Waals surface area (Å²) in [5.74, 6) is 1.68.